The second-order valence-corrected chi connectivity index (χ2v) is 9.00. The van der Waals surface area contributed by atoms with E-state index in [0.717, 1.165) is 33.8 Å². The third kappa shape index (κ3) is 4.89. The van der Waals surface area contributed by atoms with Crippen molar-refractivity contribution in [2.45, 2.75) is 30.8 Å². The second-order valence-electron chi connectivity index (χ2n) is 9.00. The molecular weight excluding hydrogens is 462 g/mol. The number of nitrogens with zero attached hydrogens (tertiary/aromatic N) is 1. The number of carbonyl (C=O) groups excluding carboxylic acids is 1. The lowest BCUT2D eigenvalue weighted by Gasteiger charge is -2.35. The van der Waals surface area contributed by atoms with Crippen molar-refractivity contribution in [2.75, 3.05) is 19.8 Å². The van der Waals surface area contributed by atoms with Crippen LogP contribution in [-0.4, -0.2) is 59.9 Å². The van der Waals surface area contributed by atoms with Gasteiger partial charge >= 0.3 is 6.09 Å². The summed E-state index contributed by atoms with van der Waals surface area (Å²) in [5.74, 6) is 0.325. The number of rotatable bonds is 6. The molecule has 2 aliphatic rings. The van der Waals surface area contributed by atoms with E-state index in [1.54, 1.807) is 17.0 Å². The smallest absolute Gasteiger partial charge is 0.416 e. The number of aromatic nitrogens is 1. The van der Waals surface area contributed by atoms with Crippen molar-refractivity contribution >= 4 is 26.1 Å². The van der Waals surface area contributed by atoms with E-state index in [-0.39, 0.29) is 24.8 Å². The van der Waals surface area contributed by atoms with Crippen molar-refractivity contribution in [1.29, 1.82) is 0 Å². The summed E-state index contributed by atoms with van der Waals surface area (Å²) in [6.07, 6.45) is 4.01. The summed E-state index contributed by atoms with van der Waals surface area (Å²) in [5, 5.41) is 20.6. The number of fused-ring (bicyclic) bond motifs is 3. The van der Waals surface area contributed by atoms with E-state index in [4.69, 9.17) is 22.4 Å². The number of hydrogen-bond donors (Lipinski definition) is 3. The summed E-state index contributed by atoms with van der Waals surface area (Å²) in [6, 6.07) is 12.1. The van der Waals surface area contributed by atoms with Crippen LogP contribution in [0, 0.1) is 5.82 Å². The fourth-order valence-electron chi connectivity index (χ4n) is 4.70. The number of hydrogen-bond acceptors (Lipinski definition) is 5. The average molecular weight is 488 g/mol. The number of nitrogens with one attached hydrogen (secondary N) is 1. The van der Waals surface area contributed by atoms with E-state index in [9.17, 15) is 14.3 Å². The van der Waals surface area contributed by atoms with Crippen LogP contribution < -0.4 is 20.0 Å². The molecule has 9 heteroatoms. The van der Waals surface area contributed by atoms with Crippen LogP contribution in [0.3, 0.4) is 0 Å². The first kappa shape index (κ1) is 24.2. The lowest BCUT2D eigenvalue weighted by molar-refractivity contribution is 0.0536. The quantitative estimate of drug-likeness (QED) is 0.462. The van der Waals surface area contributed by atoms with Crippen LogP contribution in [0.15, 0.2) is 48.5 Å². The van der Waals surface area contributed by atoms with Crippen LogP contribution in [0.4, 0.5) is 9.18 Å². The topological polar surface area (TPSA) is 95.0 Å². The van der Waals surface area contributed by atoms with Gasteiger partial charge in [0.2, 0.25) is 0 Å². The first-order valence-corrected chi connectivity index (χ1v) is 11.9. The molecule has 2 radical (unpaired) electrons. The molecule has 0 saturated carbocycles. The highest BCUT2D eigenvalue weighted by atomic mass is 19.1. The van der Waals surface area contributed by atoms with Crippen LogP contribution in [-0.2, 0) is 6.42 Å². The monoisotopic (exact) mass is 488 g/mol. The maximum atomic E-state index is 13.3. The van der Waals surface area contributed by atoms with Gasteiger partial charge < -0.3 is 24.7 Å². The Hall–Kier alpha value is -3.56. The van der Waals surface area contributed by atoms with Crippen LogP contribution in [0.2, 0.25) is 5.82 Å². The van der Waals surface area contributed by atoms with E-state index < -0.39 is 24.1 Å². The van der Waals surface area contributed by atoms with Gasteiger partial charge in [0.15, 0.2) is 0 Å². The number of ether oxygens (including phenoxy) is 2. The summed E-state index contributed by atoms with van der Waals surface area (Å²) < 4.78 is 24.4. The summed E-state index contributed by atoms with van der Waals surface area (Å²) in [6.45, 7) is 0.00404. The van der Waals surface area contributed by atoms with Gasteiger partial charge in [-0.2, -0.15) is 0 Å². The molecule has 3 unspecified atom stereocenters. The van der Waals surface area contributed by atoms with Gasteiger partial charge in [0, 0.05) is 17.6 Å². The van der Waals surface area contributed by atoms with E-state index in [1.165, 1.54) is 24.3 Å². The predicted molar refractivity (Wildman–Crippen MR) is 133 cm³/mol. The minimum Gasteiger partial charge on any atom is -0.491 e. The van der Waals surface area contributed by atoms with Gasteiger partial charge in [-0.1, -0.05) is 30.1 Å². The van der Waals surface area contributed by atoms with E-state index >= 15 is 0 Å². The van der Waals surface area contributed by atoms with Gasteiger partial charge in [0.1, 0.15) is 36.1 Å². The number of aliphatic hydroxyl groups is 2. The molecule has 1 aromatic heterocycles. The Balaban J connectivity index is 1.49. The molecule has 3 aromatic rings. The van der Waals surface area contributed by atoms with E-state index in [2.05, 4.69) is 17.1 Å². The van der Waals surface area contributed by atoms with E-state index in [0.29, 0.717) is 18.7 Å². The first-order chi connectivity index (χ1) is 17.4. The van der Waals surface area contributed by atoms with Gasteiger partial charge in [-0.3, -0.25) is 4.90 Å². The highest BCUT2D eigenvalue weighted by Crippen LogP contribution is 2.34. The standard InChI is InChI=1S/C27H26BFN2O5/c28-17-3-10-24-23(13-17)22-11-12-31(27(34)36-21-8-4-18(29)5-9-21)26(25(22)30-24)16-1-6-20(7-2-16)35-15-19(33)14-32/h1-2,4-10,13,17,19,26,30,32-33H,3,11-12,14-15H2. The summed E-state index contributed by atoms with van der Waals surface area (Å²) in [4.78, 5) is 18.5. The number of halogens is 1. The number of carbonyl (C=O) groups is 1. The molecular formula is C27H26BFN2O5. The minimum atomic E-state index is -0.966. The molecule has 0 fully saturated rings. The molecule has 2 aromatic carbocycles. The zero-order chi connectivity index (χ0) is 25.2. The number of benzene rings is 2. The third-order valence-electron chi connectivity index (χ3n) is 6.47. The van der Waals surface area contributed by atoms with Crippen LogP contribution >= 0.6 is 0 Å². The lowest BCUT2D eigenvalue weighted by Crippen LogP contribution is -2.43. The average Bonchev–Trinajstić information content (AvgIpc) is 3.26. The SMILES string of the molecule is [B]C1C=c2c3c([nH]c2=CC1)C(c1ccc(OCC(O)CO)cc1)N(C(=O)Oc1ccc(F)cc1)CC3. The molecule has 3 atom stereocenters. The normalized spacial score (nSPS) is 19.4. The molecule has 2 heterocycles. The van der Waals surface area contributed by atoms with Crippen molar-refractivity contribution in [3.63, 3.8) is 0 Å². The van der Waals surface area contributed by atoms with E-state index in [1.807, 2.05) is 12.1 Å². The Bertz CT molecular complexity index is 1360. The molecule has 184 valence electrons. The third-order valence-corrected chi connectivity index (χ3v) is 6.47. The molecule has 36 heavy (non-hydrogen) atoms. The summed E-state index contributed by atoms with van der Waals surface area (Å²) in [7, 11) is 6.18. The van der Waals surface area contributed by atoms with Gasteiger partial charge in [0.25, 0.3) is 0 Å². The minimum absolute atomic E-state index is 0.0329. The maximum absolute atomic E-state index is 13.3. The van der Waals surface area contributed by atoms with Gasteiger partial charge in [-0.05, 0) is 65.6 Å². The molecule has 1 amide bonds. The Morgan fingerprint density at radius 1 is 1.17 bits per heavy atom. The fraction of sp³-hybridized carbons (Fsp3) is 0.296. The molecule has 5 rings (SSSR count). The van der Waals surface area contributed by atoms with Gasteiger partial charge in [0.05, 0.1) is 14.5 Å². The fourth-order valence-corrected chi connectivity index (χ4v) is 4.70. The van der Waals surface area contributed by atoms with Crippen molar-refractivity contribution in [3.8, 4) is 11.5 Å². The van der Waals surface area contributed by atoms with Gasteiger partial charge in [-0.25, -0.2) is 9.18 Å². The molecule has 0 spiro atoms. The van der Waals surface area contributed by atoms with Crippen LogP contribution in [0.5, 0.6) is 11.5 Å². The number of aliphatic hydroxyl groups excluding tert-OH is 2. The Morgan fingerprint density at radius 3 is 2.61 bits per heavy atom. The lowest BCUT2D eigenvalue weighted by atomic mass is 9.81. The van der Waals surface area contributed by atoms with Crippen LogP contribution in [0.25, 0.3) is 12.2 Å². The largest absolute Gasteiger partial charge is 0.491 e. The predicted octanol–water partition coefficient (Wildman–Crippen LogP) is 1.95. The number of amides is 1. The van der Waals surface area contributed by atoms with Gasteiger partial charge in [-0.15, -0.1) is 0 Å². The number of H-pyrrole nitrogens is 1. The number of aromatic amines is 1. The molecule has 0 bridgehead atoms. The Kier molecular flexibility index (Phi) is 6.85. The summed E-state index contributed by atoms with van der Waals surface area (Å²) in [5.41, 5.74) is 2.86. The zero-order valence-electron chi connectivity index (χ0n) is 19.6. The Morgan fingerprint density at radius 2 is 1.89 bits per heavy atom. The first-order valence-electron chi connectivity index (χ1n) is 11.9. The van der Waals surface area contributed by atoms with Crippen molar-refractivity contribution < 1.29 is 28.9 Å². The van der Waals surface area contributed by atoms with Crippen molar-refractivity contribution in [1.82, 2.24) is 9.88 Å². The molecule has 0 saturated heterocycles. The second kappa shape index (κ2) is 10.2. The highest BCUT2D eigenvalue weighted by Gasteiger charge is 2.35. The molecule has 3 N–H and O–H groups in total. The maximum Gasteiger partial charge on any atom is 0.416 e. The summed E-state index contributed by atoms with van der Waals surface area (Å²) >= 11 is 0. The zero-order valence-corrected chi connectivity index (χ0v) is 19.6. The Labute approximate surface area is 208 Å². The highest BCUT2D eigenvalue weighted by molar-refractivity contribution is 6.15. The van der Waals surface area contributed by atoms with Crippen LogP contribution in [0.1, 0.15) is 29.3 Å². The molecule has 1 aliphatic heterocycles. The van der Waals surface area contributed by atoms with Crippen molar-refractivity contribution in [3.05, 3.63) is 81.7 Å². The molecule has 1 aliphatic carbocycles. The molecule has 7 nitrogen and oxygen atoms in total. The van der Waals surface area contributed by atoms with Crippen molar-refractivity contribution in [2.24, 2.45) is 0 Å².